The molecule has 4 aromatic rings. The number of hydrogen-bond donors (Lipinski definition) is 0. The van der Waals surface area contributed by atoms with Gasteiger partial charge in [-0.15, -0.1) is 0 Å². The molecule has 0 bridgehead atoms. The van der Waals surface area contributed by atoms with Crippen molar-refractivity contribution in [3.05, 3.63) is 77.3 Å². The van der Waals surface area contributed by atoms with Crippen molar-refractivity contribution < 1.29 is 13.5 Å². The molecule has 4 rings (SSSR count). The van der Waals surface area contributed by atoms with Gasteiger partial charge in [0.2, 0.25) is 0 Å². The largest absolute Gasteiger partial charge is 0.435 e. The van der Waals surface area contributed by atoms with Gasteiger partial charge in [0.05, 0.1) is 16.6 Å². The lowest BCUT2D eigenvalue weighted by Crippen LogP contribution is -2.21. The standard InChI is InChI=1S/C19H12F2N4O2S/c20-17(21)27-13-8-6-12(7-9-13)25-16(26)14-4-1-2-5-15(14)24-19(25)28-18-22-10-3-11-23-18/h1-11,17H. The van der Waals surface area contributed by atoms with Crippen molar-refractivity contribution in [3.63, 3.8) is 0 Å². The molecule has 0 saturated heterocycles. The van der Waals surface area contributed by atoms with Crippen LogP contribution in [0.1, 0.15) is 0 Å². The molecule has 0 spiro atoms. The zero-order valence-electron chi connectivity index (χ0n) is 14.2. The Morgan fingerprint density at radius 3 is 2.39 bits per heavy atom. The van der Waals surface area contributed by atoms with Gasteiger partial charge in [-0.3, -0.25) is 9.36 Å². The molecule has 0 aliphatic rings. The first-order valence-corrected chi connectivity index (χ1v) is 8.95. The van der Waals surface area contributed by atoms with E-state index in [-0.39, 0.29) is 11.3 Å². The summed E-state index contributed by atoms with van der Waals surface area (Å²) in [6.45, 7) is -2.92. The molecule has 2 heterocycles. The zero-order chi connectivity index (χ0) is 19.5. The highest BCUT2D eigenvalue weighted by Crippen LogP contribution is 2.26. The van der Waals surface area contributed by atoms with Gasteiger partial charge in [0.25, 0.3) is 5.56 Å². The Kier molecular flexibility index (Phi) is 4.98. The van der Waals surface area contributed by atoms with E-state index in [9.17, 15) is 13.6 Å². The first-order chi connectivity index (χ1) is 13.6. The van der Waals surface area contributed by atoms with Crippen LogP contribution in [0.5, 0.6) is 5.75 Å². The Labute approximate surface area is 161 Å². The zero-order valence-corrected chi connectivity index (χ0v) is 15.0. The summed E-state index contributed by atoms with van der Waals surface area (Å²) in [5, 5.41) is 1.22. The van der Waals surface area contributed by atoms with Crippen LogP contribution in [-0.2, 0) is 0 Å². The molecule has 0 amide bonds. The molecule has 9 heteroatoms. The number of para-hydroxylation sites is 1. The van der Waals surface area contributed by atoms with Crippen molar-refractivity contribution in [1.82, 2.24) is 19.5 Å². The van der Waals surface area contributed by atoms with Gasteiger partial charge in [-0.05, 0) is 54.2 Å². The lowest BCUT2D eigenvalue weighted by molar-refractivity contribution is -0.0498. The summed E-state index contributed by atoms with van der Waals surface area (Å²) in [6.07, 6.45) is 3.19. The van der Waals surface area contributed by atoms with Crippen LogP contribution in [-0.4, -0.2) is 26.1 Å². The van der Waals surface area contributed by atoms with E-state index in [1.54, 1.807) is 42.7 Å². The first kappa shape index (κ1) is 18.1. The lowest BCUT2D eigenvalue weighted by Gasteiger charge is -2.13. The molecule has 2 aromatic carbocycles. The summed E-state index contributed by atoms with van der Waals surface area (Å²) in [7, 11) is 0. The van der Waals surface area contributed by atoms with E-state index in [0.29, 0.717) is 26.9 Å². The van der Waals surface area contributed by atoms with Crippen molar-refractivity contribution in [1.29, 1.82) is 0 Å². The SMILES string of the molecule is O=c1c2ccccc2nc(Sc2ncccn2)n1-c1ccc(OC(F)F)cc1. The number of ether oxygens (including phenoxy) is 1. The summed E-state index contributed by atoms with van der Waals surface area (Å²) in [6, 6.07) is 14.4. The van der Waals surface area contributed by atoms with Gasteiger partial charge in [0.15, 0.2) is 10.3 Å². The molecule has 140 valence electrons. The molecule has 0 aliphatic carbocycles. The molecule has 0 saturated carbocycles. The summed E-state index contributed by atoms with van der Waals surface area (Å²) >= 11 is 1.13. The van der Waals surface area contributed by atoms with Crippen molar-refractivity contribution in [2.45, 2.75) is 16.9 Å². The van der Waals surface area contributed by atoms with Crippen LogP contribution in [0.3, 0.4) is 0 Å². The van der Waals surface area contributed by atoms with Gasteiger partial charge in [0, 0.05) is 12.4 Å². The molecule has 6 nitrogen and oxygen atoms in total. The predicted molar refractivity (Wildman–Crippen MR) is 100 cm³/mol. The summed E-state index contributed by atoms with van der Waals surface area (Å²) in [5.74, 6) is 0.00106. The maximum Gasteiger partial charge on any atom is 0.387 e. The third-order valence-corrected chi connectivity index (χ3v) is 4.64. The molecular formula is C19H12F2N4O2S. The third-order valence-electron chi connectivity index (χ3n) is 3.79. The highest BCUT2D eigenvalue weighted by molar-refractivity contribution is 7.99. The van der Waals surface area contributed by atoms with Gasteiger partial charge in [-0.25, -0.2) is 15.0 Å². The minimum atomic E-state index is -2.92. The second-order valence-electron chi connectivity index (χ2n) is 5.56. The average Bonchev–Trinajstić information content (AvgIpc) is 2.70. The van der Waals surface area contributed by atoms with E-state index in [2.05, 4.69) is 19.7 Å². The Morgan fingerprint density at radius 2 is 1.68 bits per heavy atom. The van der Waals surface area contributed by atoms with Crippen LogP contribution in [0.4, 0.5) is 8.78 Å². The Bertz CT molecular complexity index is 1170. The molecule has 0 radical (unpaired) electrons. The first-order valence-electron chi connectivity index (χ1n) is 8.14. The minimum absolute atomic E-state index is 0.00106. The molecule has 0 fully saturated rings. The number of halogens is 2. The number of rotatable bonds is 5. The number of aromatic nitrogens is 4. The monoisotopic (exact) mass is 398 g/mol. The maximum absolute atomic E-state index is 13.1. The van der Waals surface area contributed by atoms with Crippen LogP contribution in [0.25, 0.3) is 16.6 Å². The van der Waals surface area contributed by atoms with E-state index in [1.807, 2.05) is 0 Å². The molecule has 0 N–H and O–H groups in total. The van der Waals surface area contributed by atoms with E-state index < -0.39 is 6.61 Å². The fourth-order valence-electron chi connectivity index (χ4n) is 2.60. The number of benzene rings is 2. The Hall–Kier alpha value is -3.33. The van der Waals surface area contributed by atoms with Crippen LogP contribution < -0.4 is 10.3 Å². The molecule has 0 unspecified atom stereocenters. The highest BCUT2D eigenvalue weighted by atomic mass is 32.2. The normalized spacial score (nSPS) is 11.1. The van der Waals surface area contributed by atoms with Gasteiger partial charge in [-0.1, -0.05) is 12.1 Å². The van der Waals surface area contributed by atoms with Crippen molar-refractivity contribution in [3.8, 4) is 11.4 Å². The number of nitrogens with zero attached hydrogens (tertiary/aromatic N) is 4. The smallest absolute Gasteiger partial charge is 0.387 e. The molecule has 0 aliphatic heterocycles. The van der Waals surface area contributed by atoms with Crippen LogP contribution >= 0.6 is 11.8 Å². The number of alkyl halides is 2. The van der Waals surface area contributed by atoms with Gasteiger partial charge in [-0.2, -0.15) is 8.78 Å². The highest BCUT2D eigenvalue weighted by Gasteiger charge is 2.15. The second-order valence-corrected chi connectivity index (χ2v) is 6.49. The van der Waals surface area contributed by atoms with Crippen molar-refractivity contribution in [2.75, 3.05) is 0 Å². The number of fused-ring (bicyclic) bond motifs is 1. The second kappa shape index (κ2) is 7.73. The molecule has 28 heavy (non-hydrogen) atoms. The van der Waals surface area contributed by atoms with Crippen LogP contribution in [0.2, 0.25) is 0 Å². The minimum Gasteiger partial charge on any atom is -0.435 e. The molecular weight excluding hydrogens is 386 g/mol. The van der Waals surface area contributed by atoms with Gasteiger partial charge in [0.1, 0.15) is 5.75 Å². The maximum atomic E-state index is 13.1. The fraction of sp³-hybridized carbons (Fsp3) is 0.0526. The summed E-state index contributed by atoms with van der Waals surface area (Å²) < 4.78 is 30.5. The third kappa shape index (κ3) is 3.70. The van der Waals surface area contributed by atoms with Crippen LogP contribution in [0, 0.1) is 0 Å². The quantitative estimate of drug-likeness (QED) is 0.475. The van der Waals surface area contributed by atoms with E-state index in [0.717, 1.165) is 11.8 Å². The molecule has 2 aromatic heterocycles. The molecule has 0 atom stereocenters. The van der Waals surface area contributed by atoms with Crippen molar-refractivity contribution in [2.24, 2.45) is 0 Å². The summed E-state index contributed by atoms with van der Waals surface area (Å²) in [5.41, 5.74) is 0.717. The topological polar surface area (TPSA) is 69.9 Å². The fourth-order valence-corrected chi connectivity index (χ4v) is 3.42. The Morgan fingerprint density at radius 1 is 0.964 bits per heavy atom. The predicted octanol–water partition coefficient (Wildman–Crippen LogP) is 3.93. The van der Waals surface area contributed by atoms with Crippen LogP contribution in [0.15, 0.2) is 82.1 Å². The van der Waals surface area contributed by atoms with E-state index >= 15 is 0 Å². The Balaban J connectivity index is 1.86. The van der Waals surface area contributed by atoms with E-state index in [1.165, 1.54) is 28.8 Å². The average molecular weight is 398 g/mol. The van der Waals surface area contributed by atoms with Gasteiger partial charge >= 0.3 is 6.61 Å². The van der Waals surface area contributed by atoms with E-state index in [4.69, 9.17) is 0 Å². The lowest BCUT2D eigenvalue weighted by atomic mass is 10.2. The number of hydrogen-bond acceptors (Lipinski definition) is 6. The van der Waals surface area contributed by atoms with Crippen molar-refractivity contribution >= 4 is 22.7 Å². The summed E-state index contributed by atoms with van der Waals surface area (Å²) in [4.78, 5) is 26.0. The van der Waals surface area contributed by atoms with Gasteiger partial charge < -0.3 is 4.74 Å².